The maximum atomic E-state index is 11.9. The molecule has 0 saturated heterocycles. The third-order valence-corrected chi connectivity index (χ3v) is 3.08. The van der Waals surface area contributed by atoms with Gasteiger partial charge in [0, 0.05) is 32.3 Å². The molecular weight excluding hydrogens is 252 g/mol. The number of hydrogen-bond donors (Lipinski definition) is 2. The van der Waals surface area contributed by atoms with Gasteiger partial charge in [-0.25, -0.2) is 0 Å². The third kappa shape index (κ3) is 5.72. The molecule has 0 fully saturated rings. The zero-order valence-electron chi connectivity index (χ0n) is 13.0. The normalized spacial score (nSPS) is 11.4. The van der Waals surface area contributed by atoms with Gasteiger partial charge in [0.2, 0.25) is 0 Å². The first-order valence-electron chi connectivity index (χ1n) is 7.03. The van der Waals surface area contributed by atoms with Crippen LogP contribution >= 0.6 is 0 Å². The molecule has 0 saturated carbocycles. The van der Waals surface area contributed by atoms with Gasteiger partial charge in [-0.2, -0.15) is 0 Å². The first-order chi connectivity index (χ1) is 9.45. The molecule has 0 bridgehead atoms. The van der Waals surface area contributed by atoms with Crippen LogP contribution < -0.4 is 10.6 Å². The lowest BCUT2D eigenvalue weighted by Crippen LogP contribution is -2.33. The minimum Gasteiger partial charge on any atom is -0.383 e. The quantitative estimate of drug-likeness (QED) is 0.750. The van der Waals surface area contributed by atoms with Crippen LogP contribution in [-0.2, 0) is 10.2 Å². The van der Waals surface area contributed by atoms with Crippen LogP contribution in [0, 0.1) is 0 Å². The molecule has 0 aliphatic rings. The molecule has 0 unspecified atom stereocenters. The van der Waals surface area contributed by atoms with Crippen LogP contribution in [-0.4, -0.2) is 39.3 Å². The fourth-order valence-electron chi connectivity index (χ4n) is 1.79. The minimum atomic E-state index is -0.0287. The highest BCUT2D eigenvalue weighted by Gasteiger charge is 2.14. The van der Waals surface area contributed by atoms with E-state index in [1.165, 1.54) is 5.56 Å². The Hall–Kier alpha value is -1.39. The summed E-state index contributed by atoms with van der Waals surface area (Å²) in [5.74, 6) is -0.0287. The molecule has 0 radical (unpaired) electrons. The summed E-state index contributed by atoms with van der Waals surface area (Å²) in [7, 11) is 1.67. The highest BCUT2D eigenvalue weighted by molar-refractivity contribution is 5.94. The highest BCUT2D eigenvalue weighted by atomic mass is 16.5. The number of amides is 1. The van der Waals surface area contributed by atoms with E-state index in [9.17, 15) is 4.79 Å². The van der Waals surface area contributed by atoms with Crippen molar-refractivity contribution < 1.29 is 9.53 Å². The lowest BCUT2D eigenvalue weighted by atomic mass is 9.87. The van der Waals surface area contributed by atoms with Crippen molar-refractivity contribution in [3.63, 3.8) is 0 Å². The minimum absolute atomic E-state index is 0.0287. The number of hydrogen-bond acceptors (Lipinski definition) is 3. The summed E-state index contributed by atoms with van der Waals surface area (Å²) in [6.45, 7) is 9.32. The predicted octanol–water partition coefficient (Wildman–Crippen LogP) is 1.95. The first kappa shape index (κ1) is 16.7. The van der Waals surface area contributed by atoms with Gasteiger partial charge in [0.1, 0.15) is 0 Å². The number of carbonyl (C=O) groups excluding carboxylic acids is 1. The largest absolute Gasteiger partial charge is 0.383 e. The summed E-state index contributed by atoms with van der Waals surface area (Å²) >= 11 is 0. The summed E-state index contributed by atoms with van der Waals surface area (Å²) < 4.78 is 4.93. The first-order valence-corrected chi connectivity index (χ1v) is 7.03. The third-order valence-electron chi connectivity index (χ3n) is 3.08. The van der Waals surface area contributed by atoms with Crippen molar-refractivity contribution in [2.24, 2.45) is 0 Å². The second kappa shape index (κ2) is 8.02. The molecule has 4 nitrogen and oxygen atoms in total. The number of benzene rings is 1. The lowest BCUT2D eigenvalue weighted by Gasteiger charge is -2.19. The van der Waals surface area contributed by atoms with Crippen LogP contribution in [0.1, 0.15) is 36.7 Å². The molecule has 4 heteroatoms. The molecule has 0 aliphatic carbocycles. The van der Waals surface area contributed by atoms with Crippen molar-refractivity contribution in [2.45, 2.75) is 26.2 Å². The van der Waals surface area contributed by atoms with E-state index in [0.29, 0.717) is 18.7 Å². The zero-order valence-corrected chi connectivity index (χ0v) is 13.0. The van der Waals surface area contributed by atoms with Crippen LogP contribution in [0.3, 0.4) is 0 Å². The average Bonchev–Trinajstić information content (AvgIpc) is 2.41. The van der Waals surface area contributed by atoms with Gasteiger partial charge in [-0.05, 0) is 23.1 Å². The Bertz CT molecular complexity index is 407. The Labute approximate surface area is 121 Å². The van der Waals surface area contributed by atoms with E-state index >= 15 is 0 Å². The van der Waals surface area contributed by atoms with Gasteiger partial charge in [-0.3, -0.25) is 4.79 Å². The molecule has 1 aromatic rings. The van der Waals surface area contributed by atoms with E-state index in [1.807, 2.05) is 24.3 Å². The maximum Gasteiger partial charge on any atom is 0.251 e. The second-order valence-corrected chi connectivity index (χ2v) is 5.83. The highest BCUT2D eigenvalue weighted by Crippen LogP contribution is 2.22. The molecule has 1 rings (SSSR count). The maximum absolute atomic E-state index is 11.9. The fourth-order valence-corrected chi connectivity index (χ4v) is 1.79. The van der Waals surface area contributed by atoms with Crippen LogP contribution in [0.5, 0.6) is 0 Å². The SMILES string of the molecule is COCCNCCNC(=O)c1ccc(C(C)(C)C)cc1. The van der Waals surface area contributed by atoms with E-state index in [2.05, 4.69) is 31.4 Å². The molecule has 0 aromatic heterocycles. The number of methoxy groups -OCH3 is 1. The number of carbonyl (C=O) groups is 1. The molecule has 0 heterocycles. The standard InChI is InChI=1S/C16H26N2O2/c1-16(2,3)14-7-5-13(6-8-14)15(19)18-10-9-17-11-12-20-4/h5-8,17H,9-12H2,1-4H3,(H,18,19). The topological polar surface area (TPSA) is 50.4 Å². The van der Waals surface area contributed by atoms with Crippen molar-refractivity contribution >= 4 is 5.91 Å². The molecule has 20 heavy (non-hydrogen) atoms. The lowest BCUT2D eigenvalue weighted by molar-refractivity contribution is 0.0953. The van der Waals surface area contributed by atoms with Gasteiger partial charge in [0.05, 0.1) is 6.61 Å². The molecule has 0 spiro atoms. The molecule has 2 N–H and O–H groups in total. The van der Waals surface area contributed by atoms with Crippen molar-refractivity contribution in [3.05, 3.63) is 35.4 Å². The molecule has 1 amide bonds. The van der Waals surface area contributed by atoms with Crippen LogP contribution in [0.2, 0.25) is 0 Å². The molecule has 0 atom stereocenters. The van der Waals surface area contributed by atoms with Gasteiger partial charge in [-0.1, -0.05) is 32.9 Å². The van der Waals surface area contributed by atoms with Crippen LogP contribution in [0.25, 0.3) is 0 Å². The van der Waals surface area contributed by atoms with E-state index in [-0.39, 0.29) is 11.3 Å². The Morgan fingerprint density at radius 1 is 1.10 bits per heavy atom. The van der Waals surface area contributed by atoms with Crippen molar-refractivity contribution in [2.75, 3.05) is 33.4 Å². The fraction of sp³-hybridized carbons (Fsp3) is 0.562. The van der Waals surface area contributed by atoms with Gasteiger partial charge in [0.15, 0.2) is 0 Å². The second-order valence-electron chi connectivity index (χ2n) is 5.83. The Morgan fingerprint density at radius 3 is 2.30 bits per heavy atom. The monoisotopic (exact) mass is 278 g/mol. The van der Waals surface area contributed by atoms with Gasteiger partial charge in [-0.15, -0.1) is 0 Å². The number of rotatable bonds is 7. The summed E-state index contributed by atoms with van der Waals surface area (Å²) in [5.41, 5.74) is 2.05. The molecule has 1 aromatic carbocycles. The summed E-state index contributed by atoms with van der Waals surface area (Å²) in [4.78, 5) is 11.9. The van der Waals surface area contributed by atoms with Crippen molar-refractivity contribution in [1.29, 1.82) is 0 Å². The Kier molecular flexibility index (Phi) is 6.68. The van der Waals surface area contributed by atoms with E-state index in [4.69, 9.17) is 4.74 Å². The summed E-state index contributed by atoms with van der Waals surface area (Å²) in [6.07, 6.45) is 0. The van der Waals surface area contributed by atoms with Gasteiger partial charge < -0.3 is 15.4 Å². The van der Waals surface area contributed by atoms with Gasteiger partial charge >= 0.3 is 0 Å². The van der Waals surface area contributed by atoms with Gasteiger partial charge in [0.25, 0.3) is 5.91 Å². The zero-order chi connectivity index (χ0) is 15.0. The average molecular weight is 278 g/mol. The number of ether oxygens (including phenoxy) is 1. The smallest absolute Gasteiger partial charge is 0.251 e. The van der Waals surface area contributed by atoms with Crippen LogP contribution in [0.15, 0.2) is 24.3 Å². The Morgan fingerprint density at radius 2 is 1.75 bits per heavy atom. The molecule has 0 aliphatic heterocycles. The van der Waals surface area contributed by atoms with Crippen molar-refractivity contribution in [1.82, 2.24) is 10.6 Å². The summed E-state index contributed by atoms with van der Waals surface area (Å²) in [5, 5.41) is 6.07. The van der Waals surface area contributed by atoms with E-state index < -0.39 is 0 Å². The Balaban J connectivity index is 2.37. The number of nitrogens with one attached hydrogen (secondary N) is 2. The van der Waals surface area contributed by atoms with Crippen molar-refractivity contribution in [3.8, 4) is 0 Å². The van der Waals surface area contributed by atoms with E-state index in [0.717, 1.165) is 13.1 Å². The summed E-state index contributed by atoms with van der Waals surface area (Å²) in [6, 6.07) is 7.81. The molecule has 112 valence electrons. The molecular formula is C16H26N2O2. The predicted molar refractivity (Wildman–Crippen MR) is 82.2 cm³/mol. The van der Waals surface area contributed by atoms with E-state index in [1.54, 1.807) is 7.11 Å². The van der Waals surface area contributed by atoms with Crippen LogP contribution in [0.4, 0.5) is 0 Å².